The second-order valence-electron chi connectivity index (χ2n) is 3.51. The summed E-state index contributed by atoms with van der Waals surface area (Å²) >= 11 is 6.97. The molecule has 0 fully saturated rings. The van der Waals surface area contributed by atoms with Crippen LogP contribution < -0.4 is 11.3 Å². The molecule has 1 aliphatic rings. The van der Waals surface area contributed by atoms with Crippen molar-refractivity contribution in [3.05, 3.63) is 44.5 Å². The predicted molar refractivity (Wildman–Crippen MR) is 70.6 cm³/mol. The molecule has 3 nitrogen and oxygen atoms in total. The molecule has 1 unspecified atom stereocenters. The molecular weight excluding hydrogens is 336 g/mol. The van der Waals surface area contributed by atoms with Gasteiger partial charge in [0.1, 0.15) is 11.8 Å². The van der Waals surface area contributed by atoms with Crippen LogP contribution in [-0.2, 0) is 4.74 Å². The molecule has 86 valence electrons. The minimum absolute atomic E-state index is 0.102. The number of halogens is 2. The molecule has 3 N–H and O–H groups in total. The summed E-state index contributed by atoms with van der Waals surface area (Å²) in [4.78, 5) is 0. The summed E-state index contributed by atoms with van der Waals surface area (Å²) in [6.07, 6.45) is 3.01. The first-order valence-corrected chi connectivity index (χ1v) is 6.55. The van der Waals surface area contributed by atoms with Crippen molar-refractivity contribution in [1.29, 1.82) is 0 Å². The molecule has 5 heteroatoms. The minimum atomic E-state index is -0.102. The largest absolute Gasteiger partial charge is 0.496 e. The zero-order valence-electron chi connectivity index (χ0n) is 8.54. The molecule has 1 aliphatic heterocycles. The van der Waals surface area contributed by atoms with Gasteiger partial charge in [-0.2, -0.15) is 0 Å². The van der Waals surface area contributed by atoms with Crippen molar-refractivity contribution >= 4 is 31.9 Å². The summed E-state index contributed by atoms with van der Waals surface area (Å²) in [6.45, 7) is 0.735. The Bertz CT molecular complexity index is 420. The van der Waals surface area contributed by atoms with Crippen molar-refractivity contribution < 1.29 is 4.74 Å². The van der Waals surface area contributed by atoms with Crippen molar-refractivity contribution in [2.45, 2.75) is 12.5 Å². The maximum atomic E-state index is 5.60. The van der Waals surface area contributed by atoms with Gasteiger partial charge in [-0.3, -0.25) is 5.84 Å². The van der Waals surface area contributed by atoms with E-state index in [0.717, 1.165) is 33.3 Å². The molecule has 0 aliphatic carbocycles. The highest BCUT2D eigenvalue weighted by atomic mass is 79.9. The maximum Gasteiger partial charge on any atom is 0.115 e. The van der Waals surface area contributed by atoms with E-state index in [0.29, 0.717) is 0 Å². The van der Waals surface area contributed by atoms with Crippen LogP contribution in [0.3, 0.4) is 0 Å². The van der Waals surface area contributed by atoms with Gasteiger partial charge in [0.25, 0.3) is 0 Å². The Balaban J connectivity index is 2.35. The average molecular weight is 348 g/mol. The molecule has 0 spiro atoms. The number of hydrogen-bond donors (Lipinski definition) is 2. The molecule has 0 radical (unpaired) electrons. The maximum absolute atomic E-state index is 5.60. The Kier molecular flexibility index (Phi) is 4.02. The van der Waals surface area contributed by atoms with Crippen LogP contribution in [0.2, 0.25) is 0 Å². The highest BCUT2D eigenvalue weighted by molar-refractivity contribution is 9.11. The lowest BCUT2D eigenvalue weighted by atomic mass is 10.1. The van der Waals surface area contributed by atoms with E-state index in [2.05, 4.69) is 43.4 Å². The number of hydrazine groups is 1. The van der Waals surface area contributed by atoms with Crippen LogP contribution in [0.1, 0.15) is 18.0 Å². The Morgan fingerprint density at radius 3 is 2.81 bits per heavy atom. The topological polar surface area (TPSA) is 47.3 Å². The van der Waals surface area contributed by atoms with Gasteiger partial charge in [-0.25, -0.2) is 5.43 Å². The predicted octanol–water partition coefficient (Wildman–Crippen LogP) is 3.02. The van der Waals surface area contributed by atoms with Crippen molar-refractivity contribution in [1.82, 2.24) is 5.43 Å². The van der Waals surface area contributed by atoms with Crippen LogP contribution >= 0.6 is 31.9 Å². The summed E-state index contributed by atoms with van der Waals surface area (Å²) in [6, 6.07) is 5.89. The van der Waals surface area contributed by atoms with E-state index in [4.69, 9.17) is 10.6 Å². The standard InChI is InChI=1S/C11H12Br2N2O/c12-7-3-4-9(13)8(6-7)11(15-14)10-2-1-5-16-10/h2-4,6,11,15H,1,5,14H2. The zero-order valence-corrected chi connectivity index (χ0v) is 11.7. The number of benzene rings is 1. The van der Waals surface area contributed by atoms with E-state index in [1.54, 1.807) is 0 Å². The normalized spacial score (nSPS) is 16.8. The molecule has 0 saturated heterocycles. The highest BCUT2D eigenvalue weighted by Gasteiger charge is 2.21. The van der Waals surface area contributed by atoms with Gasteiger partial charge in [0, 0.05) is 15.4 Å². The van der Waals surface area contributed by atoms with Crippen molar-refractivity contribution in [3.63, 3.8) is 0 Å². The van der Waals surface area contributed by atoms with Crippen LogP contribution in [-0.4, -0.2) is 6.61 Å². The SMILES string of the molecule is NNC(C1=CCCO1)c1cc(Br)ccc1Br. The molecule has 0 bridgehead atoms. The molecule has 0 aromatic heterocycles. The lowest BCUT2D eigenvalue weighted by Gasteiger charge is -2.19. The van der Waals surface area contributed by atoms with Crippen LogP contribution in [0.4, 0.5) is 0 Å². The van der Waals surface area contributed by atoms with Gasteiger partial charge in [0.15, 0.2) is 0 Å². The summed E-state index contributed by atoms with van der Waals surface area (Å²) in [5, 5.41) is 0. The minimum Gasteiger partial charge on any atom is -0.496 e. The first-order chi connectivity index (χ1) is 7.72. The van der Waals surface area contributed by atoms with Crippen LogP contribution in [0, 0.1) is 0 Å². The van der Waals surface area contributed by atoms with Crippen molar-refractivity contribution in [2.24, 2.45) is 5.84 Å². The lowest BCUT2D eigenvalue weighted by Crippen LogP contribution is -2.30. The van der Waals surface area contributed by atoms with E-state index in [1.165, 1.54) is 0 Å². The summed E-state index contributed by atoms with van der Waals surface area (Å²) in [7, 11) is 0. The second kappa shape index (κ2) is 5.31. The van der Waals surface area contributed by atoms with Gasteiger partial charge < -0.3 is 4.74 Å². The molecule has 0 amide bonds. The van der Waals surface area contributed by atoms with E-state index in [9.17, 15) is 0 Å². The van der Waals surface area contributed by atoms with Gasteiger partial charge in [0.05, 0.1) is 6.61 Å². The second-order valence-corrected chi connectivity index (χ2v) is 5.28. The smallest absolute Gasteiger partial charge is 0.115 e. The molecule has 1 heterocycles. The summed E-state index contributed by atoms with van der Waals surface area (Å²) in [5.74, 6) is 6.49. The van der Waals surface area contributed by atoms with E-state index < -0.39 is 0 Å². The fraction of sp³-hybridized carbons (Fsp3) is 0.273. The molecule has 2 rings (SSSR count). The number of nitrogens with one attached hydrogen (secondary N) is 1. The summed E-state index contributed by atoms with van der Waals surface area (Å²) in [5.41, 5.74) is 3.84. The molecule has 1 atom stereocenters. The van der Waals surface area contributed by atoms with Gasteiger partial charge in [-0.15, -0.1) is 0 Å². The number of nitrogens with two attached hydrogens (primary N) is 1. The van der Waals surface area contributed by atoms with Crippen LogP contribution in [0.15, 0.2) is 39.0 Å². The third kappa shape index (κ3) is 2.48. The Morgan fingerprint density at radius 2 is 2.19 bits per heavy atom. The van der Waals surface area contributed by atoms with Gasteiger partial charge in [-0.05, 0) is 29.8 Å². The van der Waals surface area contributed by atoms with E-state index in [1.807, 2.05) is 18.2 Å². The van der Waals surface area contributed by atoms with E-state index >= 15 is 0 Å². The number of hydrogen-bond acceptors (Lipinski definition) is 3. The van der Waals surface area contributed by atoms with Crippen molar-refractivity contribution in [3.8, 4) is 0 Å². The molecule has 16 heavy (non-hydrogen) atoms. The highest BCUT2D eigenvalue weighted by Crippen LogP contribution is 2.32. The Hall–Kier alpha value is -0.360. The molecular formula is C11H12Br2N2O. The zero-order chi connectivity index (χ0) is 11.5. The van der Waals surface area contributed by atoms with Gasteiger partial charge in [-0.1, -0.05) is 31.9 Å². The quantitative estimate of drug-likeness (QED) is 0.652. The van der Waals surface area contributed by atoms with E-state index in [-0.39, 0.29) is 6.04 Å². The van der Waals surface area contributed by atoms with Crippen LogP contribution in [0.25, 0.3) is 0 Å². The first kappa shape index (κ1) is 12.1. The fourth-order valence-electron chi connectivity index (χ4n) is 1.70. The monoisotopic (exact) mass is 346 g/mol. The van der Waals surface area contributed by atoms with Crippen LogP contribution in [0.5, 0.6) is 0 Å². The fourth-order valence-corrected chi connectivity index (χ4v) is 2.55. The van der Waals surface area contributed by atoms with Gasteiger partial charge >= 0.3 is 0 Å². The molecule has 0 saturated carbocycles. The van der Waals surface area contributed by atoms with Gasteiger partial charge in [0.2, 0.25) is 0 Å². The first-order valence-electron chi connectivity index (χ1n) is 4.96. The summed E-state index contributed by atoms with van der Waals surface area (Å²) < 4.78 is 7.57. The third-order valence-corrected chi connectivity index (χ3v) is 3.67. The number of rotatable bonds is 3. The Morgan fingerprint density at radius 1 is 1.38 bits per heavy atom. The third-order valence-electron chi connectivity index (χ3n) is 2.45. The Labute approximate surface area is 111 Å². The van der Waals surface area contributed by atoms with Crippen molar-refractivity contribution in [2.75, 3.05) is 6.61 Å². The molecule has 1 aromatic carbocycles. The number of ether oxygens (including phenoxy) is 1. The average Bonchev–Trinajstić information content (AvgIpc) is 2.78. The molecule has 1 aromatic rings. The lowest BCUT2D eigenvalue weighted by molar-refractivity contribution is 0.215.